The van der Waals surface area contributed by atoms with E-state index in [-0.39, 0.29) is 22.0 Å². The van der Waals surface area contributed by atoms with Gasteiger partial charge >= 0.3 is 5.97 Å². The van der Waals surface area contributed by atoms with E-state index in [4.69, 9.17) is 16.3 Å². The van der Waals surface area contributed by atoms with Gasteiger partial charge in [-0.05, 0) is 45.0 Å². The molecule has 0 saturated carbocycles. The number of rotatable bonds is 5. The quantitative estimate of drug-likeness (QED) is 0.370. The number of nitrogens with zero attached hydrogens (tertiary/aromatic N) is 3. The van der Waals surface area contributed by atoms with Crippen LogP contribution in [0, 0.1) is 24.0 Å². The first kappa shape index (κ1) is 21.1. The lowest BCUT2D eigenvalue weighted by molar-refractivity contribution is -0.384. The number of carbonyl (C=O) groups is 2. The van der Waals surface area contributed by atoms with Gasteiger partial charge in [-0.25, -0.2) is 14.8 Å². The van der Waals surface area contributed by atoms with E-state index in [1.165, 1.54) is 25.1 Å². The third kappa shape index (κ3) is 4.52. The molecule has 154 valence electrons. The average molecular weight is 429 g/mol. The molecular weight excluding hydrogens is 412 g/mol. The number of benzene rings is 2. The largest absolute Gasteiger partial charge is 0.449 e. The topological polar surface area (TPSA) is 124 Å². The summed E-state index contributed by atoms with van der Waals surface area (Å²) in [6.07, 6.45) is -1.17. The Hall–Kier alpha value is -3.59. The molecule has 3 rings (SSSR count). The number of nitrogens with one attached hydrogen (secondary N) is 1. The maximum atomic E-state index is 12.5. The molecule has 0 spiro atoms. The predicted molar refractivity (Wildman–Crippen MR) is 111 cm³/mol. The number of hydrogen-bond acceptors (Lipinski definition) is 7. The number of fused-ring (bicyclic) bond motifs is 1. The first-order valence-electron chi connectivity index (χ1n) is 8.86. The molecule has 1 atom stereocenters. The fraction of sp³-hybridized carbons (Fsp3) is 0.200. The van der Waals surface area contributed by atoms with Crippen LogP contribution in [0.1, 0.15) is 28.7 Å². The lowest BCUT2D eigenvalue weighted by Gasteiger charge is -2.14. The Morgan fingerprint density at radius 1 is 1.10 bits per heavy atom. The van der Waals surface area contributed by atoms with Crippen LogP contribution in [0.5, 0.6) is 0 Å². The van der Waals surface area contributed by atoms with E-state index in [1.807, 2.05) is 13.8 Å². The van der Waals surface area contributed by atoms with Crippen molar-refractivity contribution in [3.8, 4) is 0 Å². The van der Waals surface area contributed by atoms with Crippen LogP contribution < -0.4 is 5.32 Å². The number of anilines is 1. The van der Waals surface area contributed by atoms with E-state index in [0.717, 1.165) is 17.5 Å². The van der Waals surface area contributed by atoms with Crippen molar-refractivity contribution < 1.29 is 19.2 Å². The minimum absolute atomic E-state index is 0.0468. The zero-order valence-corrected chi connectivity index (χ0v) is 17.1. The monoisotopic (exact) mass is 428 g/mol. The van der Waals surface area contributed by atoms with Crippen LogP contribution in [0.4, 0.5) is 11.4 Å². The number of ether oxygens (including phenoxy) is 1. The highest BCUT2D eigenvalue weighted by Crippen LogP contribution is 2.27. The molecule has 30 heavy (non-hydrogen) atoms. The molecule has 0 aliphatic rings. The molecule has 10 heteroatoms. The van der Waals surface area contributed by atoms with Crippen LogP contribution >= 0.6 is 11.6 Å². The Labute approximate surface area is 176 Å². The molecule has 1 heterocycles. The number of aryl methyl sites for hydroxylation is 2. The Morgan fingerprint density at radius 2 is 1.77 bits per heavy atom. The van der Waals surface area contributed by atoms with Gasteiger partial charge in [0.05, 0.1) is 43.6 Å². The van der Waals surface area contributed by atoms with Gasteiger partial charge in [0.1, 0.15) is 0 Å². The van der Waals surface area contributed by atoms with Crippen molar-refractivity contribution in [2.24, 2.45) is 0 Å². The minimum atomic E-state index is -1.17. The van der Waals surface area contributed by atoms with Gasteiger partial charge < -0.3 is 10.1 Å². The Kier molecular flexibility index (Phi) is 5.93. The molecule has 0 aliphatic heterocycles. The molecule has 0 aliphatic carbocycles. The first-order valence-corrected chi connectivity index (χ1v) is 9.24. The number of carbonyl (C=O) groups excluding carboxylic acids is 2. The second-order valence-corrected chi connectivity index (χ2v) is 6.96. The highest BCUT2D eigenvalue weighted by molar-refractivity contribution is 6.33. The second kappa shape index (κ2) is 8.42. The summed E-state index contributed by atoms with van der Waals surface area (Å²) in [5, 5.41) is 13.4. The second-order valence-electron chi connectivity index (χ2n) is 6.56. The number of esters is 1. The Bertz CT molecular complexity index is 1180. The van der Waals surface area contributed by atoms with Crippen molar-refractivity contribution in [2.45, 2.75) is 26.9 Å². The van der Waals surface area contributed by atoms with Crippen molar-refractivity contribution in [1.29, 1.82) is 0 Å². The van der Waals surface area contributed by atoms with Gasteiger partial charge in [-0.1, -0.05) is 11.6 Å². The van der Waals surface area contributed by atoms with Crippen LogP contribution in [0.25, 0.3) is 11.0 Å². The zero-order chi connectivity index (χ0) is 22.0. The molecule has 0 saturated heterocycles. The fourth-order valence-electron chi connectivity index (χ4n) is 2.60. The van der Waals surface area contributed by atoms with E-state index >= 15 is 0 Å². The molecule has 1 N–H and O–H groups in total. The maximum Gasteiger partial charge on any atom is 0.338 e. The lowest BCUT2D eigenvalue weighted by atomic mass is 10.2. The molecule has 9 nitrogen and oxygen atoms in total. The molecular formula is C20H17ClN4O5. The average Bonchev–Trinajstić information content (AvgIpc) is 2.69. The number of non-ortho nitro benzene ring substituents is 1. The molecule has 0 fully saturated rings. The summed E-state index contributed by atoms with van der Waals surface area (Å²) in [7, 11) is 0. The number of halogens is 1. The number of nitro groups is 1. The van der Waals surface area contributed by atoms with Crippen molar-refractivity contribution in [3.05, 3.63) is 68.5 Å². The van der Waals surface area contributed by atoms with Crippen LogP contribution in [0.3, 0.4) is 0 Å². The summed E-state index contributed by atoms with van der Waals surface area (Å²) in [6.45, 7) is 5.04. The Balaban J connectivity index is 1.73. The Morgan fingerprint density at radius 3 is 2.43 bits per heavy atom. The van der Waals surface area contributed by atoms with Crippen LogP contribution in [0.15, 0.2) is 36.4 Å². The molecule has 1 unspecified atom stereocenters. The smallest absolute Gasteiger partial charge is 0.338 e. The van der Waals surface area contributed by atoms with Crippen molar-refractivity contribution in [2.75, 3.05) is 5.32 Å². The van der Waals surface area contributed by atoms with Crippen LogP contribution in [0.2, 0.25) is 5.02 Å². The van der Waals surface area contributed by atoms with E-state index in [1.54, 1.807) is 12.1 Å². The highest BCUT2D eigenvalue weighted by atomic mass is 35.5. The molecule has 3 aromatic rings. The van der Waals surface area contributed by atoms with Crippen molar-refractivity contribution in [3.63, 3.8) is 0 Å². The summed E-state index contributed by atoms with van der Waals surface area (Å²) in [5.74, 6) is -1.40. The predicted octanol–water partition coefficient (Wildman–Crippen LogP) is 3.99. The number of nitro benzene ring substituents is 1. The normalized spacial score (nSPS) is 11.7. The van der Waals surface area contributed by atoms with Gasteiger partial charge in [0.2, 0.25) is 0 Å². The van der Waals surface area contributed by atoms with Gasteiger partial charge in [0.25, 0.3) is 11.6 Å². The standard InChI is InChI=1S/C20H17ClN4O5/c1-10-11(2)23-18-8-13(4-7-16(18)22-10)20(27)30-12(3)19(26)24-17-9-14(25(28)29)5-6-15(17)21/h4-9,12H,1-3H3,(H,24,26). The van der Waals surface area contributed by atoms with Crippen LogP contribution in [-0.4, -0.2) is 32.9 Å². The van der Waals surface area contributed by atoms with E-state index in [0.29, 0.717) is 11.0 Å². The van der Waals surface area contributed by atoms with E-state index in [2.05, 4.69) is 15.3 Å². The van der Waals surface area contributed by atoms with Gasteiger partial charge in [0.15, 0.2) is 6.10 Å². The number of aromatic nitrogens is 2. The van der Waals surface area contributed by atoms with Gasteiger partial charge in [-0.15, -0.1) is 0 Å². The van der Waals surface area contributed by atoms with Gasteiger partial charge in [0, 0.05) is 12.1 Å². The summed E-state index contributed by atoms with van der Waals surface area (Å²) in [6, 6.07) is 8.37. The zero-order valence-electron chi connectivity index (χ0n) is 16.3. The highest BCUT2D eigenvalue weighted by Gasteiger charge is 2.21. The molecule has 1 aromatic heterocycles. The van der Waals surface area contributed by atoms with Gasteiger partial charge in [-0.3, -0.25) is 14.9 Å². The fourth-order valence-corrected chi connectivity index (χ4v) is 2.76. The summed E-state index contributed by atoms with van der Waals surface area (Å²) in [5.41, 5.74) is 2.74. The third-order valence-electron chi connectivity index (χ3n) is 4.38. The summed E-state index contributed by atoms with van der Waals surface area (Å²) < 4.78 is 5.21. The summed E-state index contributed by atoms with van der Waals surface area (Å²) >= 11 is 5.97. The van der Waals surface area contributed by atoms with Crippen molar-refractivity contribution in [1.82, 2.24) is 9.97 Å². The maximum absolute atomic E-state index is 12.5. The lowest BCUT2D eigenvalue weighted by Crippen LogP contribution is -2.30. The van der Waals surface area contributed by atoms with Crippen LogP contribution in [-0.2, 0) is 9.53 Å². The minimum Gasteiger partial charge on any atom is -0.449 e. The number of hydrogen-bond donors (Lipinski definition) is 1. The molecule has 0 radical (unpaired) electrons. The van der Waals surface area contributed by atoms with E-state index < -0.39 is 22.9 Å². The molecule has 1 amide bonds. The summed E-state index contributed by atoms with van der Waals surface area (Å²) in [4.78, 5) is 43.9. The van der Waals surface area contributed by atoms with E-state index in [9.17, 15) is 19.7 Å². The molecule has 2 aromatic carbocycles. The third-order valence-corrected chi connectivity index (χ3v) is 4.71. The van der Waals surface area contributed by atoms with Gasteiger partial charge in [-0.2, -0.15) is 0 Å². The number of amides is 1. The SMILES string of the molecule is Cc1nc2ccc(C(=O)OC(C)C(=O)Nc3cc([N+](=O)[O-])ccc3Cl)cc2nc1C. The molecule has 0 bridgehead atoms. The van der Waals surface area contributed by atoms with Crippen molar-refractivity contribution >= 4 is 45.9 Å². The first-order chi connectivity index (χ1) is 14.2.